The molecule has 2 aromatic rings. The number of nitrogens with zero attached hydrogens (tertiary/aromatic N) is 2. The van der Waals surface area contributed by atoms with Crippen LogP contribution in [-0.4, -0.2) is 36.4 Å². The van der Waals surface area contributed by atoms with Gasteiger partial charge in [-0.25, -0.2) is 0 Å². The summed E-state index contributed by atoms with van der Waals surface area (Å²) in [5.41, 5.74) is 3.83. The summed E-state index contributed by atoms with van der Waals surface area (Å²) in [4.78, 5) is 29.8. The Labute approximate surface area is 199 Å². The van der Waals surface area contributed by atoms with Crippen LogP contribution in [0.15, 0.2) is 41.4 Å². The standard InChI is InChI=1S/C26H30N6O2/c1-16(2)20-14-18(23(33)31-25-28-12-5-13-29-25)8-9-22(20)30-21-7-4-6-19(17(21)3)24(34)32-26(15-27)10-11-26/h4,6-9,14,16,30H,5,10-13H2,1-3H3,(H,32,34)(H2,28,29,31,33). The lowest BCUT2D eigenvalue weighted by molar-refractivity contribution is 0.0939. The summed E-state index contributed by atoms with van der Waals surface area (Å²) in [7, 11) is 0. The summed E-state index contributed by atoms with van der Waals surface area (Å²) in [6.45, 7) is 7.53. The van der Waals surface area contributed by atoms with Crippen LogP contribution in [0.25, 0.3) is 0 Å². The van der Waals surface area contributed by atoms with E-state index in [0.29, 0.717) is 36.5 Å². The quantitative estimate of drug-likeness (QED) is 0.526. The Kier molecular flexibility index (Phi) is 6.55. The van der Waals surface area contributed by atoms with Crippen molar-refractivity contribution in [3.8, 4) is 6.07 Å². The smallest absolute Gasteiger partial charge is 0.257 e. The van der Waals surface area contributed by atoms with Crippen LogP contribution in [0.1, 0.15) is 70.9 Å². The summed E-state index contributed by atoms with van der Waals surface area (Å²) >= 11 is 0. The molecule has 2 aliphatic rings. The van der Waals surface area contributed by atoms with Crippen molar-refractivity contribution in [3.05, 3.63) is 58.7 Å². The van der Waals surface area contributed by atoms with Gasteiger partial charge < -0.3 is 16.0 Å². The highest BCUT2D eigenvalue weighted by Gasteiger charge is 2.44. The molecule has 0 spiro atoms. The molecule has 1 heterocycles. The number of aliphatic imine (C=N–C) groups is 1. The van der Waals surface area contributed by atoms with Crippen LogP contribution in [0.4, 0.5) is 11.4 Å². The van der Waals surface area contributed by atoms with Crippen molar-refractivity contribution in [2.24, 2.45) is 4.99 Å². The van der Waals surface area contributed by atoms with Crippen molar-refractivity contribution in [2.75, 3.05) is 18.4 Å². The topological polar surface area (TPSA) is 118 Å². The molecule has 1 aliphatic heterocycles. The zero-order valence-corrected chi connectivity index (χ0v) is 19.8. The fourth-order valence-corrected chi connectivity index (χ4v) is 3.93. The fourth-order valence-electron chi connectivity index (χ4n) is 3.93. The molecule has 0 aromatic heterocycles. The van der Waals surface area contributed by atoms with Crippen LogP contribution in [0, 0.1) is 18.3 Å². The molecule has 2 aromatic carbocycles. The van der Waals surface area contributed by atoms with E-state index in [9.17, 15) is 14.9 Å². The third kappa shape index (κ3) is 5.04. The van der Waals surface area contributed by atoms with Crippen molar-refractivity contribution in [2.45, 2.75) is 51.5 Å². The molecule has 0 radical (unpaired) electrons. The second-order valence-corrected chi connectivity index (χ2v) is 9.17. The Morgan fingerprint density at radius 1 is 1.15 bits per heavy atom. The van der Waals surface area contributed by atoms with E-state index in [2.05, 4.69) is 46.2 Å². The number of nitriles is 1. The van der Waals surface area contributed by atoms with E-state index in [-0.39, 0.29) is 17.7 Å². The minimum atomic E-state index is -0.715. The molecule has 1 fully saturated rings. The van der Waals surface area contributed by atoms with E-state index < -0.39 is 5.54 Å². The summed E-state index contributed by atoms with van der Waals surface area (Å²) in [5.74, 6) is 0.232. The van der Waals surface area contributed by atoms with Crippen molar-refractivity contribution >= 4 is 29.1 Å². The number of hydrogen-bond acceptors (Lipinski definition) is 6. The molecule has 2 amide bonds. The van der Waals surface area contributed by atoms with Crippen molar-refractivity contribution in [1.29, 1.82) is 5.26 Å². The number of amides is 2. The predicted molar refractivity (Wildman–Crippen MR) is 132 cm³/mol. The lowest BCUT2D eigenvalue weighted by atomic mass is 9.97. The van der Waals surface area contributed by atoms with Crippen LogP contribution >= 0.6 is 0 Å². The molecule has 4 N–H and O–H groups in total. The van der Waals surface area contributed by atoms with Gasteiger partial charge in [-0.1, -0.05) is 19.9 Å². The Bertz CT molecular complexity index is 1190. The zero-order chi connectivity index (χ0) is 24.3. The molecule has 4 rings (SSSR count). The third-order valence-corrected chi connectivity index (χ3v) is 6.23. The molecule has 0 bridgehead atoms. The molecule has 0 unspecified atom stereocenters. The van der Waals surface area contributed by atoms with Crippen molar-refractivity contribution < 1.29 is 9.59 Å². The van der Waals surface area contributed by atoms with Gasteiger partial charge in [-0.2, -0.15) is 5.26 Å². The zero-order valence-electron chi connectivity index (χ0n) is 19.8. The number of benzene rings is 2. The molecular weight excluding hydrogens is 428 g/mol. The largest absolute Gasteiger partial charge is 0.356 e. The number of carbonyl (C=O) groups is 2. The van der Waals surface area contributed by atoms with Crippen LogP contribution in [-0.2, 0) is 0 Å². The van der Waals surface area contributed by atoms with Gasteiger partial charge in [-0.05, 0) is 73.6 Å². The Balaban J connectivity index is 1.55. The number of anilines is 2. The first-order valence-electron chi connectivity index (χ1n) is 11.7. The minimum absolute atomic E-state index is 0.164. The van der Waals surface area contributed by atoms with E-state index in [1.165, 1.54) is 0 Å². The van der Waals surface area contributed by atoms with E-state index in [4.69, 9.17) is 0 Å². The highest BCUT2D eigenvalue weighted by atomic mass is 16.2. The lowest BCUT2D eigenvalue weighted by Gasteiger charge is -2.19. The summed E-state index contributed by atoms with van der Waals surface area (Å²) in [6, 6.07) is 13.3. The first-order chi connectivity index (χ1) is 16.3. The van der Waals surface area contributed by atoms with Gasteiger partial charge >= 0.3 is 0 Å². The van der Waals surface area contributed by atoms with Crippen LogP contribution in [0.5, 0.6) is 0 Å². The normalized spacial score (nSPS) is 16.0. The molecule has 1 aliphatic carbocycles. The third-order valence-electron chi connectivity index (χ3n) is 6.23. The maximum absolute atomic E-state index is 12.8. The monoisotopic (exact) mass is 458 g/mol. The average molecular weight is 459 g/mol. The van der Waals surface area contributed by atoms with E-state index in [1.54, 1.807) is 12.1 Å². The second-order valence-electron chi connectivity index (χ2n) is 9.17. The molecule has 8 heteroatoms. The van der Waals surface area contributed by atoms with Gasteiger partial charge in [0.1, 0.15) is 5.54 Å². The number of nitrogens with one attached hydrogen (secondary N) is 4. The van der Waals surface area contributed by atoms with Crippen molar-refractivity contribution in [3.63, 3.8) is 0 Å². The van der Waals surface area contributed by atoms with Gasteiger partial charge in [0, 0.05) is 35.6 Å². The SMILES string of the molecule is Cc1c(Nc2ccc(C(=O)NC3=NCCCN3)cc2C(C)C)cccc1C(=O)NC1(C#N)CC1. The summed E-state index contributed by atoms with van der Waals surface area (Å²) < 4.78 is 0. The van der Waals surface area contributed by atoms with Crippen LogP contribution < -0.4 is 21.3 Å². The van der Waals surface area contributed by atoms with Gasteiger partial charge in [0.05, 0.1) is 6.07 Å². The maximum Gasteiger partial charge on any atom is 0.257 e. The predicted octanol–water partition coefficient (Wildman–Crippen LogP) is 3.73. The summed E-state index contributed by atoms with van der Waals surface area (Å²) in [5, 5.41) is 21.5. The van der Waals surface area contributed by atoms with E-state index in [0.717, 1.165) is 35.5 Å². The van der Waals surface area contributed by atoms with Gasteiger partial charge in [-0.3, -0.25) is 19.9 Å². The van der Waals surface area contributed by atoms with Crippen LogP contribution in [0.3, 0.4) is 0 Å². The van der Waals surface area contributed by atoms with Gasteiger partial charge in [-0.15, -0.1) is 0 Å². The summed E-state index contributed by atoms with van der Waals surface area (Å²) in [6.07, 6.45) is 2.33. The first-order valence-corrected chi connectivity index (χ1v) is 11.7. The highest BCUT2D eigenvalue weighted by molar-refractivity contribution is 6.06. The Morgan fingerprint density at radius 2 is 1.94 bits per heavy atom. The van der Waals surface area contributed by atoms with Gasteiger partial charge in [0.2, 0.25) is 0 Å². The molecular formula is C26H30N6O2. The molecule has 0 saturated heterocycles. The van der Waals surface area contributed by atoms with E-state index >= 15 is 0 Å². The van der Waals surface area contributed by atoms with Crippen LogP contribution in [0.2, 0.25) is 0 Å². The molecule has 8 nitrogen and oxygen atoms in total. The molecule has 34 heavy (non-hydrogen) atoms. The number of guanidine groups is 1. The molecule has 1 saturated carbocycles. The lowest BCUT2D eigenvalue weighted by Crippen LogP contribution is -2.43. The first kappa shape index (κ1) is 23.3. The fraction of sp³-hybridized carbons (Fsp3) is 0.385. The van der Waals surface area contributed by atoms with E-state index in [1.807, 2.05) is 31.2 Å². The van der Waals surface area contributed by atoms with Gasteiger partial charge in [0.25, 0.3) is 11.8 Å². The molecule has 176 valence electrons. The number of rotatable bonds is 6. The minimum Gasteiger partial charge on any atom is -0.356 e. The number of carbonyl (C=O) groups excluding carboxylic acids is 2. The Hall–Kier alpha value is -3.86. The van der Waals surface area contributed by atoms with Gasteiger partial charge in [0.15, 0.2) is 5.96 Å². The Morgan fingerprint density at radius 3 is 2.59 bits per heavy atom. The molecule has 0 atom stereocenters. The average Bonchev–Trinajstić information content (AvgIpc) is 3.60. The number of hydrogen-bond donors (Lipinski definition) is 4. The van der Waals surface area contributed by atoms with Crippen molar-refractivity contribution in [1.82, 2.24) is 16.0 Å². The maximum atomic E-state index is 12.8. The highest BCUT2D eigenvalue weighted by Crippen LogP contribution is 2.35. The second kappa shape index (κ2) is 9.56.